The summed E-state index contributed by atoms with van der Waals surface area (Å²) in [4.78, 5) is 15.8. The third kappa shape index (κ3) is 4.06. The molecule has 0 aliphatic carbocycles. The van der Waals surface area contributed by atoms with Gasteiger partial charge in [-0.15, -0.1) is 0 Å². The zero-order chi connectivity index (χ0) is 13.7. The molecule has 1 heterocycles. The molecule has 1 aliphatic heterocycles. The van der Waals surface area contributed by atoms with Crippen molar-refractivity contribution in [1.29, 1.82) is 0 Å². The molecule has 1 amide bonds. The lowest BCUT2D eigenvalue weighted by atomic mass is 10.0. The fraction of sp³-hybridized carbons (Fsp3) is 0.562. The highest BCUT2D eigenvalue weighted by Crippen LogP contribution is 2.20. The molecule has 0 saturated carbocycles. The molecule has 3 heteroatoms. The Labute approximate surface area is 116 Å². The molecule has 1 aliphatic rings. The van der Waals surface area contributed by atoms with Gasteiger partial charge in [0.2, 0.25) is 5.91 Å². The Balaban J connectivity index is 1.98. The zero-order valence-corrected chi connectivity index (χ0v) is 12.0. The monoisotopic (exact) mass is 260 g/mol. The Morgan fingerprint density at radius 1 is 1.32 bits per heavy atom. The van der Waals surface area contributed by atoms with Crippen LogP contribution >= 0.6 is 0 Å². The molecule has 0 N–H and O–H groups in total. The summed E-state index contributed by atoms with van der Waals surface area (Å²) in [6.07, 6.45) is 3.75. The van der Waals surface area contributed by atoms with Crippen LogP contribution in [0.25, 0.3) is 0 Å². The van der Waals surface area contributed by atoms with Gasteiger partial charge in [-0.2, -0.15) is 0 Å². The van der Waals surface area contributed by atoms with Crippen LogP contribution in [0.2, 0.25) is 0 Å². The minimum Gasteiger partial charge on any atom is -0.344 e. The topological polar surface area (TPSA) is 23.6 Å². The first-order chi connectivity index (χ1) is 9.16. The van der Waals surface area contributed by atoms with Gasteiger partial charge in [0.1, 0.15) is 0 Å². The Bertz CT molecular complexity index is 404. The summed E-state index contributed by atoms with van der Waals surface area (Å²) in [5, 5.41) is 0. The molecule has 2 rings (SSSR count). The third-order valence-electron chi connectivity index (χ3n) is 4.00. The van der Waals surface area contributed by atoms with Gasteiger partial charge in [0.15, 0.2) is 0 Å². The molecule has 1 aromatic rings. The van der Waals surface area contributed by atoms with Crippen molar-refractivity contribution in [2.45, 2.75) is 38.8 Å². The fourth-order valence-electron chi connectivity index (χ4n) is 2.74. The predicted molar refractivity (Wildman–Crippen MR) is 77.8 cm³/mol. The van der Waals surface area contributed by atoms with Crippen LogP contribution in [-0.2, 0) is 11.3 Å². The zero-order valence-electron chi connectivity index (χ0n) is 12.0. The maximum absolute atomic E-state index is 11.4. The molecule has 0 bridgehead atoms. The van der Waals surface area contributed by atoms with Gasteiger partial charge < -0.3 is 4.90 Å². The van der Waals surface area contributed by atoms with Crippen LogP contribution in [0, 0.1) is 0 Å². The first-order valence-electron chi connectivity index (χ1n) is 7.16. The summed E-state index contributed by atoms with van der Waals surface area (Å²) in [5.41, 5.74) is 1.36. The fourth-order valence-corrected chi connectivity index (χ4v) is 2.74. The minimum absolute atomic E-state index is 0.158. The standard InChI is InChI=1S/C16H24N2O/c1-14(19)17(2)13-16-10-6-7-11-18(16)12-15-8-4-3-5-9-15/h3-5,8-9,16H,6-7,10-13H2,1-2H3. The van der Waals surface area contributed by atoms with E-state index in [-0.39, 0.29) is 5.91 Å². The number of nitrogens with zero attached hydrogens (tertiary/aromatic N) is 2. The first kappa shape index (κ1) is 14.1. The number of carbonyl (C=O) groups excluding carboxylic acids is 1. The molecular formula is C16H24N2O. The molecule has 1 unspecified atom stereocenters. The average molecular weight is 260 g/mol. The average Bonchev–Trinajstić information content (AvgIpc) is 2.42. The maximum Gasteiger partial charge on any atom is 0.219 e. The SMILES string of the molecule is CC(=O)N(C)CC1CCCCN1Cc1ccccc1. The van der Waals surface area contributed by atoms with Crippen molar-refractivity contribution < 1.29 is 4.79 Å². The highest BCUT2D eigenvalue weighted by molar-refractivity contribution is 5.72. The number of likely N-dealkylation sites (tertiary alicyclic amines) is 1. The quantitative estimate of drug-likeness (QED) is 0.830. The molecule has 0 aromatic heterocycles. The van der Waals surface area contributed by atoms with E-state index in [1.165, 1.54) is 24.8 Å². The Morgan fingerprint density at radius 2 is 2.05 bits per heavy atom. The van der Waals surface area contributed by atoms with Crippen molar-refractivity contribution in [1.82, 2.24) is 9.80 Å². The molecule has 1 atom stereocenters. The van der Waals surface area contributed by atoms with E-state index in [0.29, 0.717) is 6.04 Å². The number of hydrogen-bond donors (Lipinski definition) is 0. The van der Waals surface area contributed by atoms with Gasteiger partial charge in [-0.3, -0.25) is 9.69 Å². The molecular weight excluding hydrogens is 236 g/mol. The van der Waals surface area contributed by atoms with E-state index in [4.69, 9.17) is 0 Å². The summed E-state index contributed by atoms with van der Waals surface area (Å²) in [6.45, 7) is 4.63. The molecule has 19 heavy (non-hydrogen) atoms. The van der Waals surface area contributed by atoms with Crippen molar-refractivity contribution in [3.63, 3.8) is 0 Å². The van der Waals surface area contributed by atoms with E-state index in [9.17, 15) is 4.79 Å². The van der Waals surface area contributed by atoms with E-state index >= 15 is 0 Å². The molecule has 104 valence electrons. The Hall–Kier alpha value is -1.35. The van der Waals surface area contributed by atoms with Gasteiger partial charge in [-0.25, -0.2) is 0 Å². The van der Waals surface area contributed by atoms with Crippen LogP contribution in [0.1, 0.15) is 31.7 Å². The lowest BCUT2D eigenvalue weighted by Gasteiger charge is -2.37. The Kier molecular flexibility index (Phi) is 4.97. The number of hydrogen-bond acceptors (Lipinski definition) is 2. The smallest absolute Gasteiger partial charge is 0.219 e. The molecule has 1 fully saturated rings. The maximum atomic E-state index is 11.4. The van der Waals surface area contributed by atoms with Gasteiger partial charge in [-0.1, -0.05) is 36.8 Å². The van der Waals surface area contributed by atoms with Crippen LogP contribution in [0.5, 0.6) is 0 Å². The van der Waals surface area contributed by atoms with E-state index < -0.39 is 0 Å². The summed E-state index contributed by atoms with van der Waals surface area (Å²) >= 11 is 0. The van der Waals surface area contributed by atoms with Crippen LogP contribution < -0.4 is 0 Å². The van der Waals surface area contributed by atoms with Crippen molar-refractivity contribution in [3.8, 4) is 0 Å². The highest BCUT2D eigenvalue weighted by atomic mass is 16.2. The summed E-state index contributed by atoms with van der Waals surface area (Å²) in [6, 6.07) is 11.1. The molecule has 3 nitrogen and oxygen atoms in total. The van der Waals surface area contributed by atoms with Crippen LogP contribution in [-0.4, -0.2) is 41.9 Å². The van der Waals surface area contributed by atoms with Crippen molar-refractivity contribution in [2.75, 3.05) is 20.1 Å². The van der Waals surface area contributed by atoms with Crippen LogP contribution in [0.3, 0.4) is 0 Å². The number of carbonyl (C=O) groups is 1. The lowest BCUT2D eigenvalue weighted by molar-refractivity contribution is -0.128. The minimum atomic E-state index is 0.158. The molecule has 0 radical (unpaired) electrons. The van der Waals surface area contributed by atoms with Gasteiger partial charge in [-0.05, 0) is 24.9 Å². The number of rotatable bonds is 4. The normalized spacial score (nSPS) is 20.2. The van der Waals surface area contributed by atoms with Gasteiger partial charge >= 0.3 is 0 Å². The van der Waals surface area contributed by atoms with Gasteiger partial charge in [0.05, 0.1) is 0 Å². The lowest BCUT2D eigenvalue weighted by Crippen LogP contribution is -2.46. The Morgan fingerprint density at radius 3 is 2.74 bits per heavy atom. The van der Waals surface area contributed by atoms with E-state index in [1.807, 2.05) is 11.9 Å². The predicted octanol–water partition coefficient (Wildman–Crippen LogP) is 2.52. The number of likely N-dealkylation sites (N-methyl/N-ethyl adjacent to an activating group) is 1. The summed E-state index contributed by atoms with van der Waals surface area (Å²) in [5.74, 6) is 0.158. The van der Waals surface area contributed by atoms with Gasteiger partial charge in [0.25, 0.3) is 0 Å². The summed E-state index contributed by atoms with van der Waals surface area (Å²) in [7, 11) is 1.90. The number of benzene rings is 1. The van der Waals surface area contributed by atoms with Crippen molar-refractivity contribution in [2.24, 2.45) is 0 Å². The van der Waals surface area contributed by atoms with Crippen LogP contribution in [0.4, 0.5) is 0 Å². The van der Waals surface area contributed by atoms with Crippen LogP contribution in [0.15, 0.2) is 30.3 Å². The molecule has 1 aromatic carbocycles. The summed E-state index contributed by atoms with van der Waals surface area (Å²) < 4.78 is 0. The third-order valence-corrected chi connectivity index (χ3v) is 4.00. The van der Waals surface area contributed by atoms with Gasteiger partial charge in [0, 0.05) is 33.1 Å². The second kappa shape index (κ2) is 6.71. The second-order valence-electron chi connectivity index (χ2n) is 5.51. The molecule has 1 saturated heterocycles. The van der Waals surface area contributed by atoms with E-state index in [2.05, 4.69) is 35.2 Å². The van der Waals surface area contributed by atoms with E-state index in [0.717, 1.165) is 19.6 Å². The first-order valence-corrected chi connectivity index (χ1v) is 7.16. The number of piperidine rings is 1. The van der Waals surface area contributed by atoms with Crippen molar-refractivity contribution >= 4 is 5.91 Å². The number of amides is 1. The van der Waals surface area contributed by atoms with E-state index in [1.54, 1.807) is 6.92 Å². The second-order valence-corrected chi connectivity index (χ2v) is 5.51. The molecule has 0 spiro atoms. The van der Waals surface area contributed by atoms with Crippen molar-refractivity contribution in [3.05, 3.63) is 35.9 Å². The largest absolute Gasteiger partial charge is 0.344 e. The highest BCUT2D eigenvalue weighted by Gasteiger charge is 2.24.